The van der Waals surface area contributed by atoms with E-state index in [1.165, 1.54) is 0 Å². The van der Waals surface area contributed by atoms with Crippen molar-refractivity contribution >= 4 is 20.1 Å². The smallest absolute Gasteiger partial charge is 0.197 e. The van der Waals surface area contributed by atoms with Gasteiger partial charge in [0.25, 0.3) is 0 Å². The second kappa shape index (κ2) is 7.63. The monoisotopic (exact) mass is 251 g/mol. The Morgan fingerprint density at radius 1 is 1.00 bits per heavy atom. The van der Waals surface area contributed by atoms with E-state index in [-0.39, 0.29) is 5.79 Å². The Balaban J connectivity index is 4.82. The maximum atomic E-state index is 5.98. The van der Waals surface area contributed by atoms with E-state index in [1.807, 2.05) is 0 Å². The first kappa shape index (κ1) is 15.4. The van der Waals surface area contributed by atoms with Crippen molar-refractivity contribution in [2.24, 2.45) is 0 Å². The van der Waals surface area contributed by atoms with Crippen LogP contribution in [0, 0.1) is 0 Å². The summed E-state index contributed by atoms with van der Waals surface area (Å²) in [6.07, 6.45) is 0. The number of hydrogen-bond acceptors (Lipinski definition) is 3. The minimum absolute atomic E-state index is 0.0685. The predicted octanol–water partition coefficient (Wildman–Crippen LogP) is 1.17. The third-order valence-electron chi connectivity index (χ3n) is 3.16. The van der Waals surface area contributed by atoms with Gasteiger partial charge in [0.05, 0.1) is 0 Å². The molecule has 0 heterocycles. The van der Waals surface area contributed by atoms with Crippen LogP contribution in [0.1, 0.15) is 34.6 Å². The van der Waals surface area contributed by atoms with Gasteiger partial charge in [-0.15, -0.1) is 0 Å². The molecule has 0 fully saturated rings. The first-order chi connectivity index (χ1) is 7.10. The Hall–Kier alpha value is 0.387. The number of hydrogen-bond donors (Lipinski definition) is 1. The van der Waals surface area contributed by atoms with E-state index in [9.17, 15) is 0 Å². The van der Waals surface area contributed by atoms with Crippen LogP contribution in [0.5, 0.6) is 0 Å². The molecule has 1 N–H and O–H groups in total. The Bertz CT molecular complexity index is 149. The van der Waals surface area contributed by atoms with Crippen LogP contribution < -0.4 is 4.98 Å². The Morgan fingerprint density at radius 2 is 1.33 bits per heavy atom. The summed E-state index contributed by atoms with van der Waals surface area (Å²) in [6.45, 7) is 15.2. The lowest BCUT2D eigenvalue weighted by molar-refractivity contribution is -0.0452. The van der Waals surface area contributed by atoms with Crippen LogP contribution in [0.15, 0.2) is 0 Å². The second-order valence-corrected chi connectivity index (χ2v) is 5.10. The van der Waals surface area contributed by atoms with Crippen LogP contribution in [0.4, 0.5) is 0 Å². The van der Waals surface area contributed by atoms with Gasteiger partial charge in [-0.05, 0) is 33.1 Å². The molecular formula is C10H26ClN3Si. The minimum Gasteiger partial charge on any atom is -0.300 e. The zero-order chi connectivity index (χ0) is 11.9. The van der Waals surface area contributed by atoms with Gasteiger partial charge in [0.2, 0.25) is 0 Å². The summed E-state index contributed by atoms with van der Waals surface area (Å²) in [5.41, 5.74) is 0. The van der Waals surface area contributed by atoms with Gasteiger partial charge >= 0.3 is 0 Å². The zero-order valence-electron chi connectivity index (χ0n) is 10.8. The molecule has 5 heteroatoms. The topological polar surface area (TPSA) is 18.5 Å². The lowest BCUT2D eigenvalue weighted by Crippen LogP contribution is -2.67. The highest BCUT2D eigenvalue weighted by Crippen LogP contribution is 2.16. The van der Waals surface area contributed by atoms with Crippen molar-refractivity contribution in [1.82, 2.24) is 14.8 Å². The summed E-state index contributed by atoms with van der Waals surface area (Å²) in [5.74, 6) is -0.0685. The van der Waals surface area contributed by atoms with Crippen molar-refractivity contribution in [3.63, 3.8) is 0 Å². The molecule has 0 aromatic rings. The molecule has 0 unspecified atom stereocenters. The van der Waals surface area contributed by atoms with E-state index in [0.717, 1.165) is 26.2 Å². The zero-order valence-corrected chi connectivity index (χ0v) is 13.0. The number of rotatable bonds is 8. The summed E-state index contributed by atoms with van der Waals surface area (Å²) in [6, 6.07) is 0. The van der Waals surface area contributed by atoms with Gasteiger partial charge in [-0.25, -0.2) is 0 Å². The fourth-order valence-electron chi connectivity index (χ4n) is 2.23. The van der Waals surface area contributed by atoms with E-state index in [1.54, 1.807) is 0 Å². The quantitative estimate of drug-likeness (QED) is 0.397. The standard InChI is InChI=1S/C10H26ClN3Si/c1-6-13(7-2)10(5,12-15-11)14(8-3)9-4/h12H,6-9,15H2,1-5H3. The lowest BCUT2D eigenvalue weighted by atomic mass is 10.2. The third kappa shape index (κ3) is 3.71. The Morgan fingerprint density at radius 3 is 1.53 bits per heavy atom. The predicted molar refractivity (Wildman–Crippen MR) is 71.8 cm³/mol. The highest BCUT2D eigenvalue weighted by Gasteiger charge is 2.33. The molecule has 15 heavy (non-hydrogen) atoms. The van der Waals surface area contributed by atoms with Crippen molar-refractivity contribution in [1.29, 1.82) is 0 Å². The van der Waals surface area contributed by atoms with Gasteiger partial charge in [0.15, 0.2) is 8.99 Å². The van der Waals surface area contributed by atoms with Crippen LogP contribution in [-0.4, -0.2) is 50.8 Å². The Labute approximate surface area is 102 Å². The molecule has 0 atom stereocenters. The van der Waals surface area contributed by atoms with Crippen molar-refractivity contribution in [2.75, 3.05) is 26.2 Å². The van der Waals surface area contributed by atoms with Crippen molar-refractivity contribution in [2.45, 2.75) is 40.4 Å². The number of nitrogens with zero attached hydrogens (tertiary/aromatic N) is 2. The first-order valence-corrected chi connectivity index (χ1v) is 8.76. The molecule has 0 aliphatic rings. The molecule has 92 valence electrons. The molecule has 3 nitrogen and oxygen atoms in total. The average molecular weight is 252 g/mol. The molecular weight excluding hydrogens is 226 g/mol. The summed E-state index contributed by atoms with van der Waals surface area (Å²) < 4.78 is 0. The highest BCUT2D eigenvalue weighted by molar-refractivity contribution is 6.92. The molecule has 0 saturated carbocycles. The summed E-state index contributed by atoms with van der Waals surface area (Å²) >= 11 is 5.98. The van der Waals surface area contributed by atoms with Gasteiger partial charge in [-0.3, -0.25) is 9.80 Å². The van der Waals surface area contributed by atoms with Crippen LogP contribution in [-0.2, 0) is 0 Å². The van der Waals surface area contributed by atoms with Crippen LogP contribution in [0.25, 0.3) is 0 Å². The summed E-state index contributed by atoms with van der Waals surface area (Å²) in [5, 5.41) is 0. The third-order valence-corrected chi connectivity index (χ3v) is 4.36. The number of nitrogens with one attached hydrogen (secondary N) is 1. The van der Waals surface area contributed by atoms with Gasteiger partial charge in [-0.2, -0.15) is 11.1 Å². The molecule has 0 aliphatic carbocycles. The summed E-state index contributed by atoms with van der Waals surface area (Å²) in [4.78, 5) is 8.37. The van der Waals surface area contributed by atoms with Crippen LogP contribution >= 0.6 is 11.1 Å². The molecule has 0 aliphatic heterocycles. The molecule has 0 aromatic heterocycles. The van der Waals surface area contributed by atoms with Crippen molar-refractivity contribution < 1.29 is 0 Å². The molecule has 0 spiro atoms. The second-order valence-electron chi connectivity index (χ2n) is 3.68. The summed E-state index contributed by atoms with van der Waals surface area (Å²) in [7, 11) is -0.674. The normalized spacial score (nSPS) is 13.6. The van der Waals surface area contributed by atoms with E-state index in [2.05, 4.69) is 49.4 Å². The first-order valence-electron chi connectivity index (χ1n) is 5.91. The Kier molecular flexibility index (Phi) is 7.82. The van der Waals surface area contributed by atoms with Crippen molar-refractivity contribution in [3.8, 4) is 0 Å². The van der Waals surface area contributed by atoms with E-state index in [4.69, 9.17) is 11.1 Å². The van der Waals surface area contributed by atoms with Crippen LogP contribution in [0.2, 0.25) is 0 Å². The van der Waals surface area contributed by atoms with Gasteiger partial charge in [0, 0.05) is 0 Å². The van der Waals surface area contributed by atoms with E-state index >= 15 is 0 Å². The largest absolute Gasteiger partial charge is 0.300 e. The molecule has 0 amide bonds. The fourth-order valence-corrected chi connectivity index (χ4v) is 3.69. The SMILES string of the molecule is CCN(CC)C(C)(N[SiH2]Cl)N(CC)CC. The molecule has 0 aromatic carbocycles. The maximum Gasteiger partial charge on any atom is 0.197 e. The van der Waals surface area contributed by atoms with Gasteiger partial charge in [0.1, 0.15) is 5.79 Å². The van der Waals surface area contributed by atoms with Gasteiger partial charge in [-0.1, -0.05) is 27.7 Å². The molecule has 0 radical (unpaired) electrons. The lowest BCUT2D eigenvalue weighted by Gasteiger charge is -2.48. The molecule has 0 bridgehead atoms. The average Bonchev–Trinajstić information content (AvgIpc) is 2.21. The number of halogens is 1. The minimum atomic E-state index is -0.674. The maximum absolute atomic E-state index is 5.98. The van der Waals surface area contributed by atoms with E-state index in [0.29, 0.717) is 0 Å². The fraction of sp³-hybridized carbons (Fsp3) is 1.00. The van der Waals surface area contributed by atoms with E-state index < -0.39 is 8.99 Å². The van der Waals surface area contributed by atoms with Crippen molar-refractivity contribution in [3.05, 3.63) is 0 Å². The molecule has 0 rings (SSSR count). The van der Waals surface area contributed by atoms with Gasteiger partial charge < -0.3 is 4.98 Å². The van der Waals surface area contributed by atoms with Crippen LogP contribution in [0.3, 0.4) is 0 Å². The highest BCUT2D eigenvalue weighted by atomic mass is 35.6. The molecule has 0 saturated heterocycles.